The molecule has 0 aliphatic carbocycles. The number of hydrogen-bond acceptors (Lipinski definition) is 2. The van der Waals surface area contributed by atoms with Crippen LogP contribution in [0.1, 0.15) is 6.42 Å². The Morgan fingerprint density at radius 1 is 1.12 bits per heavy atom. The van der Waals surface area contributed by atoms with E-state index in [0.717, 1.165) is 6.42 Å². The lowest BCUT2D eigenvalue weighted by Crippen LogP contribution is -1.82. The van der Waals surface area contributed by atoms with Crippen LogP contribution < -0.4 is 0 Å². The first-order valence-electron chi connectivity index (χ1n) is 2.65. The molecule has 0 rings (SSSR count). The quantitative estimate of drug-likeness (QED) is 0.549. The highest BCUT2D eigenvalue weighted by Crippen LogP contribution is 2.05. The van der Waals surface area contributed by atoms with E-state index in [0.29, 0.717) is 0 Å². The number of thioether (sulfide) groups is 2. The van der Waals surface area contributed by atoms with Gasteiger partial charge >= 0.3 is 0 Å². The third-order valence-electron chi connectivity index (χ3n) is 0.661. The van der Waals surface area contributed by atoms with Crippen LogP contribution in [0.3, 0.4) is 0 Å². The standard InChI is InChI=1S/C6H12S2/c1-3-4-8-6-5-7-2/h1-6H2. The highest BCUT2D eigenvalue weighted by atomic mass is 32.2. The van der Waals surface area contributed by atoms with Crippen molar-refractivity contribution in [2.75, 3.05) is 17.3 Å². The van der Waals surface area contributed by atoms with E-state index in [1.165, 1.54) is 17.3 Å². The van der Waals surface area contributed by atoms with Crippen molar-refractivity contribution in [1.29, 1.82) is 0 Å². The Morgan fingerprint density at radius 2 is 1.88 bits per heavy atom. The molecule has 0 fully saturated rings. The van der Waals surface area contributed by atoms with Crippen LogP contribution in [-0.2, 0) is 0 Å². The SMILES string of the molecule is [CH2]CCSCCS[CH2]. The maximum Gasteiger partial charge on any atom is 0.00238 e. The summed E-state index contributed by atoms with van der Waals surface area (Å²) >= 11 is 3.62. The predicted octanol–water partition coefficient (Wildman–Crippen LogP) is 2.47. The molecule has 0 amide bonds. The molecule has 48 valence electrons. The lowest BCUT2D eigenvalue weighted by Gasteiger charge is -1.94. The molecule has 0 saturated heterocycles. The van der Waals surface area contributed by atoms with Gasteiger partial charge < -0.3 is 0 Å². The molecule has 2 heteroatoms. The number of rotatable bonds is 5. The monoisotopic (exact) mass is 148 g/mol. The first kappa shape index (κ1) is 8.70. The van der Waals surface area contributed by atoms with Crippen LogP contribution in [0, 0.1) is 13.2 Å². The van der Waals surface area contributed by atoms with Crippen molar-refractivity contribution in [3.8, 4) is 0 Å². The molecule has 0 bridgehead atoms. The second-order valence-electron chi connectivity index (χ2n) is 1.37. The maximum absolute atomic E-state index is 3.74. The van der Waals surface area contributed by atoms with Crippen LogP contribution in [0.15, 0.2) is 0 Å². The van der Waals surface area contributed by atoms with Crippen molar-refractivity contribution >= 4 is 23.5 Å². The van der Waals surface area contributed by atoms with Crippen molar-refractivity contribution in [3.63, 3.8) is 0 Å². The van der Waals surface area contributed by atoms with Crippen LogP contribution in [0.2, 0.25) is 0 Å². The smallest absolute Gasteiger partial charge is 0.00238 e. The Hall–Kier alpha value is 0.700. The summed E-state index contributed by atoms with van der Waals surface area (Å²) in [5.74, 6) is 3.59. The molecule has 0 heterocycles. The molecule has 8 heavy (non-hydrogen) atoms. The molecule has 0 aliphatic heterocycles. The fourth-order valence-corrected chi connectivity index (χ4v) is 1.67. The zero-order chi connectivity index (χ0) is 6.24. The topological polar surface area (TPSA) is 0 Å². The van der Waals surface area contributed by atoms with Crippen molar-refractivity contribution < 1.29 is 0 Å². The van der Waals surface area contributed by atoms with Gasteiger partial charge in [-0.3, -0.25) is 0 Å². The van der Waals surface area contributed by atoms with Crippen molar-refractivity contribution in [2.24, 2.45) is 0 Å². The minimum Gasteiger partial charge on any atom is -0.161 e. The van der Waals surface area contributed by atoms with Gasteiger partial charge in [0.2, 0.25) is 0 Å². The molecule has 0 spiro atoms. The van der Waals surface area contributed by atoms with E-state index < -0.39 is 0 Å². The van der Waals surface area contributed by atoms with E-state index in [1.807, 2.05) is 11.8 Å². The third-order valence-corrected chi connectivity index (χ3v) is 2.48. The Labute approximate surface area is 60.8 Å². The summed E-state index contributed by atoms with van der Waals surface area (Å²) in [6.07, 6.45) is 4.72. The average Bonchev–Trinajstić information content (AvgIpc) is 1.81. The average molecular weight is 148 g/mol. The molecule has 0 saturated carbocycles. The minimum absolute atomic E-state index is 1.05. The van der Waals surface area contributed by atoms with E-state index in [-0.39, 0.29) is 0 Å². The highest BCUT2D eigenvalue weighted by Gasteiger charge is 1.83. The molecule has 2 radical (unpaired) electrons. The lowest BCUT2D eigenvalue weighted by atomic mass is 10.6. The first-order valence-corrected chi connectivity index (χ1v) is 4.96. The zero-order valence-electron chi connectivity index (χ0n) is 5.06. The fraction of sp³-hybridized carbons (Fsp3) is 0.667. The predicted molar refractivity (Wildman–Crippen MR) is 45.1 cm³/mol. The van der Waals surface area contributed by atoms with E-state index in [2.05, 4.69) is 13.2 Å². The Morgan fingerprint density at radius 3 is 2.38 bits per heavy atom. The Bertz CT molecular complexity index is 31.5. The molecular weight excluding hydrogens is 136 g/mol. The number of hydrogen-bond donors (Lipinski definition) is 0. The van der Waals surface area contributed by atoms with Crippen LogP contribution in [0.25, 0.3) is 0 Å². The molecule has 0 aromatic carbocycles. The molecule has 0 nitrogen and oxygen atoms in total. The molecule has 0 unspecified atom stereocenters. The van der Waals surface area contributed by atoms with Crippen molar-refractivity contribution in [3.05, 3.63) is 13.2 Å². The maximum atomic E-state index is 3.74. The van der Waals surface area contributed by atoms with E-state index in [4.69, 9.17) is 0 Å². The third kappa shape index (κ3) is 6.70. The van der Waals surface area contributed by atoms with Gasteiger partial charge in [0.25, 0.3) is 0 Å². The van der Waals surface area contributed by atoms with Crippen LogP contribution >= 0.6 is 23.5 Å². The van der Waals surface area contributed by atoms with Gasteiger partial charge in [0.1, 0.15) is 0 Å². The van der Waals surface area contributed by atoms with Gasteiger partial charge in [-0.25, -0.2) is 0 Å². The molecule has 0 aliphatic rings. The largest absolute Gasteiger partial charge is 0.161 e. The molecule has 0 N–H and O–H groups in total. The summed E-state index contributed by atoms with van der Waals surface area (Å²) in [6, 6.07) is 0. The second-order valence-corrected chi connectivity index (χ2v) is 3.42. The highest BCUT2D eigenvalue weighted by molar-refractivity contribution is 8.03. The summed E-state index contributed by atoms with van der Waals surface area (Å²) in [6.45, 7) is 3.74. The summed E-state index contributed by atoms with van der Waals surface area (Å²) in [4.78, 5) is 0. The Kier molecular flexibility index (Phi) is 8.37. The van der Waals surface area contributed by atoms with E-state index >= 15 is 0 Å². The van der Waals surface area contributed by atoms with Gasteiger partial charge in [-0.15, -0.1) is 0 Å². The van der Waals surface area contributed by atoms with Gasteiger partial charge in [0, 0.05) is 17.8 Å². The summed E-state index contributed by atoms with van der Waals surface area (Å²) in [7, 11) is 0. The van der Waals surface area contributed by atoms with Gasteiger partial charge in [-0.2, -0.15) is 23.5 Å². The minimum atomic E-state index is 1.05. The fourth-order valence-electron chi connectivity index (χ4n) is 0.322. The molecule has 0 aromatic heterocycles. The van der Waals surface area contributed by atoms with Crippen LogP contribution in [-0.4, -0.2) is 17.3 Å². The van der Waals surface area contributed by atoms with Gasteiger partial charge in [0.15, 0.2) is 0 Å². The van der Waals surface area contributed by atoms with Gasteiger partial charge in [-0.1, -0.05) is 6.92 Å². The molecular formula is C6H12S2. The van der Waals surface area contributed by atoms with Gasteiger partial charge in [0.05, 0.1) is 0 Å². The summed E-state index contributed by atoms with van der Waals surface area (Å²) in [5, 5.41) is 0. The van der Waals surface area contributed by atoms with Crippen LogP contribution in [0.5, 0.6) is 0 Å². The molecule has 0 aromatic rings. The van der Waals surface area contributed by atoms with E-state index in [1.54, 1.807) is 11.8 Å². The Balaban J connectivity index is 2.53. The van der Waals surface area contributed by atoms with Gasteiger partial charge in [-0.05, 0) is 12.2 Å². The van der Waals surface area contributed by atoms with E-state index in [9.17, 15) is 0 Å². The van der Waals surface area contributed by atoms with Crippen molar-refractivity contribution in [1.82, 2.24) is 0 Å². The van der Waals surface area contributed by atoms with Crippen molar-refractivity contribution in [2.45, 2.75) is 6.42 Å². The lowest BCUT2D eigenvalue weighted by molar-refractivity contribution is 1.24. The van der Waals surface area contributed by atoms with Crippen LogP contribution in [0.4, 0.5) is 0 Å². The summed E-state index contributed by atoms with van der Waals surface area (Å²) < 4.78 is 0. The molecule has 0 atom stereocenters. The zero-order valence-corrected chi connectivity index (χ0v) is 6.69. The second kappa shape index (κ2) is 7.70. The summed E-state index contributed by atoms with van der Waals surface area (Å²) in [5.41, 5.74) is 0. The first-order chi connectivity index (χ1) is 3.91. The normalized spacial score (nSPS) is 9.75.